The van der Waals surface area contributed by atoms with Crippen molar-refractivity contribution in [1.29, 1.82) is 0 Å². The van der Waals surface area contributed by atoms with Crippen LogP contribution in [0.15, 0.2) is 66.1 Å². The summed E-state index contributed by atoms with van der Waals surface area (Å²) in [5.41, 5.74) is 0.821. The van der Waals surface area contributed by atoms with E-state index in [1.165, 1.54) is 7.11 Å². The zero-order valence-corrected chi connectivity index (χ0v) is 13.9. The van der Waals surface area contributed by atoms with E-state index >= 15 is 0 Å². The maximum Gasteiger partial charge on any atom is 0.348 e. The van der Waals surface area contributed by atoms with Gasteiger partial charge >= 0.3 is 11.9 Å². The standard InChI is InChI=1S/C19H13ClO5/c1-24-18(22)15(11-5-3-2-4-6-11)17-16(21)14(19(23)25-17)12-7-9-13(20)10-8-12/h2-10,21H,1H3. The van der Waals surface area contributed by atoms with Crippen LogP contribution >= 0.6 is 11.6 Å². The lowest BCUT2D eigenvalue weighted by molar-refractivity contribution is -0.134. The first-order valence-electron chi connectivity index (χ1n) is 7.32. The Morgan fingerprint density at radius 3 is 2.32 bits per heavy atom. The molecule has 1 N–H and O–H groups in total. The van der Waals surface area contributed by atoms with Crippen molar-refractivity contribution in [3.8, 4) is 0 Å². The van der Waals surface area contributed by atoms with Gasteiger partial charge in [0.1, 0.15) is 11.1 Å². The molecule has 1 aliphatic rings. The van der Waals surface area contributed by atoms with E-state index in [1.807, 2.05) is 0 Å². The number of halogens is 1. The Bertz CT molecular complexity index is 895. The first-order chi connectivity index (χ1) is 12.0. The third-order valence-electron chi connectivity index (χ3n) is 3.66. The molecule has 5 nitrogen and oxygen atoms in total. The second-order valence-electron chi connectivity index (χ2n) is 5.18. The number of cyclic esters (lactones) is 1. The smallest absolute Gasteiger partial charge is 0.348 e. The van der Waals surface area contributed by atoms with Gasteiger partial charge in [-0.2, -0.15) is 0 Å². The van der Waals surface area contributed by atoms with Crippen LogP contribution in [0.3, 0.4) is 0 Å². The van der Waals surface area contributed by atoms with E-state index in [4.69, 9.17) is 21.1 Å². The average Bonchev–Trinajstić information content (AvgIpc) is 2.91. The van der Waals surface area contributed by atoms with Crippen LogP contribution in [0.2, 0.25) is 5.02 Å². The Morgan fingerprint density at radius 1 is 1.08 bits per heavy atom. The van der Waals surface area contributed by atoms with Crippen molar-refractivity contribution in [2.24, 2.45) is 0 Å². The first kappa shape index (κ1) is 16.8. The maximum atomic E-state index is 12.3. The van der Waals surface area contributed by atoms with Crippen LogP contribution < -0.4 is 0 Å². The normalized spacial score (nSPS) is 15.8. The number of esters is 2. The number of aliphatic hydroxyl groups excluding tert-OH is 1. The number of ether oxygens (including phenoxy) is 2. The zero-order valence-electron chi connectivity index (χ0n) is 13.2. The molecule has 2 aromatic carbocycles. The minimum Gasteiger partial charge on any atom is -0.504 e. The molecule has 0 amide bonds. The van der Waals surface area contributed by atoms with Gasteiger partial charge in [0.2, 0.25) is 0 Å². The highest BCUT2D eigenvalue weighted by molar-refractivity contribution is 6.31. The van der Waals surface area contributed by atoms with Gasteiger partial charge in [0, 0.05) is 5.02 Å². The summed E-state index contributed by atoms with van der Waals surface area (Å²) >= 11 is 5.85. The molecule has 126 valence electrons. The monoisotopic (exact) mass is 356 g/mol. The molecule has 2 aromatic rings. The minimum absolute atomic E-state index is 0.0297. The number of rotatable bonds is 3. The van der Waals surface area contributed by atoms with Gasteiger partial charge in [0.25, 0.3) is 0 Å². The van der Waals surface area contributed by atoms with Crippen LogP contribution in [0.25, 0.3) is 11.1 Å². The number of hydrogen-bond donors (Lipinski definition) is 1. The van der Waals surface area contributed by atoms with Crippen molar-refractivity contribution < 1.29 is 24.2 Å². The lowest BCUT2D eigenvalue weighted by Crippen LogP contribution is -2.09. The summed E-state index contributed by atoms with van der Waals surface area (Å²) in [6.45, 7) is 0. The Labute approximate surface area is 148 Å². The predicted molar refractivity (Wildman–Crippen MR) is 92.5 cm³/mol. The highest BCUT2D eigenvalue weighted by atomic mass is 35.5. The van der Waals surface area contributed by atoms with E-state index in [1.54, 1.807) is 54.6 Å². The summed E-state index contributed by atoms with van der Waals surface area (Å²) in [7, 11) is 1.21. The number of carbonyl (C=O) groups excluding carboxylic acids is 2. The van der Waals surface area contributed by atoms with Crippen molar-refractivity contribution in [3.63, 3.8) is 0 Å². The molecule has 0 aromatic heterocycles. The third kappa shape index (κ3) is 3.14. The number of carbonyl (C=O) groups is 2. The van der Waals surface area contributed by atoms with Gasteiger partial charge in [0.05, 0.1) is 7.11 Å². The summed E-state index contributed by atoms with van der Waals surface area (Å²) in [6, 6.07) is 14.9. The van der Waals surface area contributed by atoms with E-state index in [9.17, 15) is 14.7 Å². The maximum absolute atomic E-state index is 12.3. The van der Waals surface area contributed by atoms with Crippen molar-refractivity contribution in [1.82, 2.24) is 0 Å². The predicted octanol–water partition coefficient (Wildman–Crippen LogP) is 3.75. The van der Waals surface area contributed by atoms with E-state index < -0.39 is 17.7 Å². The van der Waals surface area contributed by atoms with Gasteiger partial charge in [-0.25, -0.2) is 9.59 Å². The Hall–Kier alpha value is -3.05. The molecule has 1 heterocycles. The van der Waals surface area contributed by atoms with E-state index in [2.05, 4.69) is 0 Å². The topological polar surface area (TPSA) is 72.8 Å². The molecule has 0 atom stereocenters. The molecule has 0 spiro atoms. The fraction of sp³-hybridized carbons (Fsp3) is 0.0526. The molecule has 25 heavy (non-hydrogen) atoms. The molecular formula is C19H13ClO5. The van der Waals surface area contributed by atoms with Gasteiger partial charge in [-0.1, -0.05) is 54.1 Å². The second-order valence-corrected chi connectivity index (χ2v) is 5.62. The largest absolute Gasteiger partial charge is 0.504 e. The molecule has 3 rings (SSSR count). The molecule has 0 bridgehead atoms. The summed E-state index contributed by atoms with van der Waals surface area (Å²) in [4.78, 5) is 24.5. The van der Waals surface area contributed by atoms with E-state index in [-0.39, 0.29) is 16.9 Å². The number of methoxy groups -OCH3 is 1. The fourth-order valence-electron chi connectivity index (χ4n) is 2.49. The molecule has 6 heteroatoms. The molecule has 1 aliphatic heterocycles. The van der Waals surface area contributed by atoms with Crippen molar-refractivity contribution >= 4 is 34.7 Å². The van der Waals surface area contributed by atoms with Crippen molar-refractivity contribution in [2.75, 3.05) is 7.11 Å². The average molecular weight is 357 g/mol. The highest BCUT2D eigenvalue weighted by Crippen LogP contribution is 2.36. The van der Waals surface area contributed by atoms with Crippen molar-refractivity contribution in [2.45, 2.75) is 0 Å². The SMILES string of the molecule is COC(=O)C(=C1OC(=O)C(c2ccc(Cl)cc2)=C1O)c1ccccc1. The zero-order chi connectivity index (χ0) is 18.0. The molecule has 0 radical (unpaired) electrons. The molecule has 0 fully saturated rings. The van der Waals surface area contributed by atoms with Crippen LogP contribution in [0.1, 0.15) is 11.1 Å². The third-order valence-corrected chi connectivity index (χ3v) is 3.91. The molecular weight excluding hydrogens is 344 g/mol. The van der Waals surface area contributed by atoms with Crippen LogP contribution in [0.4, 0.5) is 0 Å². The van der Waals surface area contributed by atoms with Gasteiger partial charge in [0.15, 0.2) is 11.5 Å². The van der Waals surface area contributed by atoms with E-state index in [0.29, 0.717) is 16.1 Å². The first-order valence-corrected chi connectivity index (χ1v) is 7.70. The van der Waals surface area contributed by atoms with Crippen molar-refractivity contribution in [3.05, 3.63) is 82.3 Å². The molecule has 0 saturated heterocycles. The van der Waals surface area contributed by atoms with Crippen LogP contribution in [-0.4, -0.2) is 24.2 Å². The van der Waals surface area contributed by atoms with Gasteiger partial charge in [-0.05, 0) is 23.3 Å². The highest BCUT2D eigenvalue weighted by Gasteiger charge is 2.36. The summed E-state index contributed by atoms with van der Waals surface area (Å²) in [6.07, 6.45) is 0. The fourth-order valence-corrected chi connectivity index (χ4v) is 2.62. The summed E-state index contributed by atoms with van der Waals surface area (Å²) in [5.74, 6) is -2.13. The molecule has 0 saturated carbocycles. The lowest BCUT2D eigenvalue weighted by atomic mass is 10.0. The minimum atomic E-state index is -0.757. The quantitative estimate of drug-likeness (QED) is 0.669. The Balaban J connectivity index is 2.20. The lowest BCUT2D eigenvalue weighted by Gasteiger charge is -2.09. The van der Waals surface area contributed by atoms with Gasteiger partial charge in [-0.15, -0.1) is 0 Å². The van der Waals surface area contributed by atoms with Crippen LogP contribution in [0, 0.1) is 0 Å². The number of benzene rings is 2. The van der Waals surface area contributed by atoms with E-state index in [0.717, 1.165) is 0 Å². The Kier molecular flexibility index (Phi) is 4.59. The molecule has 0 aliphatic carbocycles. The van der Waals surface area contributed by atoms with Crippen LogP contribution in [-0.2, 0) is 19.1 Å². The number of hydrogen-bond acceptors (Lipinski definition) is 5. The summed E-state index contributed by atoms with van der Waals surface area (Å²) in [5, 5.41) is 11.0. The van der Waals surface area contributed by atoms with Gasteiger partial charge < -0.3 is 14.6 Å². The molecule has 0 unspecified atom stereocenters. The Morgan fingerprint density at radius 2 is 1.72 bits per heavy atom. The van der Waals surface area contributed by atoms with Gasteiger partial charge in [-0.3, -0.25) is 0 Å². The number of aliphatic hydroxyl groups is 1. The van der Waals surface area contributed by atoms with Crippen LogP contribution in [0.5, 0.6) is 0 Å². The second kappa shape index (κ2) is 6.83. The summed E-state index contributed by atoms with van der Waals surface area (Å²) < 4.78 is 9.97.